The second-order valence-corrected chi connectivity index (χ2v) is 8.13. The van der Waals surface area contributed by atoms with Crippen LogP contribution >= 0.6 is 23.1 Å². The number of amides is 1. The normalized spacial score (nSPS) is 10.9. The van der Waals surface area contributed by atoms with Crippen molar-refractivity contribution in [2.75, 3.05) is 17.7 Å². The number of aromatic nitrogens is 2. The second kappa shape index (κ2) is 9.23. The van der Waals surface area contributed by atoms with Gasteiger partial charge in [-0.05, 0) is 48.9 Å². The van der Waals surface area contributed by atoms with E-state index in [2.05, 4.69) is 15.3 Å². The Morgan fingerprint density at radius 2 is 1.90 bits per heavy atom. The summed E-state index contributed by atoms with van der Waals surface area (Å²) in [5, 5.41) is 6.47. The van der Waals surface area contributed by atoms with Crippen LogP contribution in [0.3, 0.4) is 0 Å². The van der Waals surface area contributed by atoms with Gasteiger partial charge in [0.05, 0.1) is 17.7 Å². The van der Waals surface area contributed by atoms with Gasteiger partial charge >= 0.3 is 0 Å². The number of hydrogen-bond donors (Lipinski definition) is 1. The van der Waals surface area contributed by atoms with Crippen LogP contribution in [0.25, 0.3) is 21.3 Å². The molecule has 152 valence electrons. The van der Waals surface area contributed by atoms with Crippen molar-refractivity contribution in [1.82, 2.24) is 9.97 Å². The van der Waals surface area contributed by atoms with E-state index in [1.807, 2.05) is 36.6 Å². The fourth-order valence-electron chi connectivity index (χ4n) is 2.93. The summed E-state index contributed by atoms with van der Waals surface area (Å²) in [7, 11) is 0. The molecule has 0 radical (unpaired) electrons. The number of ether oxygens (including phenoxy) is 1. The van der Waals surface area contributed by atoms with E-state index >= 15 is 0 Å². The zero-order chi connectivity index (χ0) is 20.9. The van der Waals surface area contributed by atoms with Crippen LogP contribution in [0.1, 0.15) is 6.92 Å². The largest absolute Gasteiger partial charge is 0.494 e. The van der Waals surface area contributed by atoms with E-state index in [-0.39, 0.29) is 17.5 Å². The minimum Gasteiger partial charge on any atom is -0.494 e. The molecule has 2 aromatic heterocycles. The predicted octanol–water partition coefficient (Wildman–Crippen LogP) is 5.63. The zero-order valence-corrected chi connectivity index (χ0v) is 17.7. The number of nitrogens with zero attached hydrogens (tertiary/aromatic N) is 2. The molecular weight excluding hydrogens is 421 g/mol. The second-order valence-electron chi connectivity index (χ2n) is 6.31. The monoisotopic (exact) mass is 439 g/mol. The van der Waals surface area contributed by atoms with Crippen LogP contribution in [0.5, 0.6) is 5.75 Å². The van der Waals surface area contributed by atoms with E-state index in [1.54, 1.807) is 12.1 Å². The van der Waals surface area contributed by atoms with Crippen LogP contribution in [0.4, 0.5) is 10.1 Å². The first kappa shape index (κ1) is 20.3. The highest BCUT2D eigenvalue weighted by molar-refractivity contribution is 8.00. The summed E-state index contributed by atoms with van der Waals surface area (Å²) in [5.74, 6) is 0.557. The van der Waals surface area contributed by atoms with E-state index in [9.17, 15) is 9.18 Å². The number of anilines is 1. The number of fused-ring (bicyclic) bond motifs is 1. The molecule has 2 aromatic carbocycles. The van der Waals surface area contributed by atoms with Crippen LogP contribution in [0.15, 0.2) is 65.3 Å². The molecule has 30 heavy (non-hydrogen) atoms. The molecule has 0 saturated heterocycles. The number of thioether (sulfide) groups is 1. The molecule has 0 unspecified atom stereocenters. The molecule has 0 spiro atoms. The Morgan fingerprint density at radius 1 is 1.13 bits per heavy atom. The summed E-state index contributed by atoms with van der Waals surface area (Å²) in [6.45, 7) is 2.52. The Labute approximate surface area is 181 Å². The molecule has 0 bridgehead atoms. The topological polar surface area (TPSA) is 64.1 Å². The average molecular weight is 440 g/mol. The van der Waals surface area contributed by atoms with Crippen LogP contribution < -0.4 is 10.1 Å². The lowest BCUT2D eigenvalue weighted by Gasteiger charge is -2.08. The van der Waals surface area contributed by atoms with Crippen LogP contribution in [-0.4, -0.2) is 28.2 Å². The highest BCUT2D eigenvalue weighted by Crippen LogP contribution is 2.37. The fourth-order valence-corrected chi connectivity index (χ4v) is 4.72. The minimum absolute atomic E-state index is 0.130. The number of carbonyl (C=O) groups is 1. The maximum Gasteiger partial charge on any atom is 0.234 e. The van der Waals surface area contributed by atoms with Crippen molar-refractivity contribution >= 4 is 44.9 Å². The summed E-state index contributed by atoms with van der Waals surface area (Å²) in [4.78, 5) is 22.0. The molecule has 1 N–H and O–H groups in total. The maximum absolute atomic E-state index is 13.3. The summed E-state index contributed by atoms with van der Waals surface area (Å²) >= 11 is 2.85. The number of halogens is 1. The summed E-state index contributed by atoms with van der Waals surface area (Å²) in [6.07, 6.45) is 1.50. The molecule has 0 aliphatic rings. The summed E-state index contributed by atoms with van der Waals surface area (Å²) < 4.78 is 18.7. The van der Waals surface area contributed by atoms with Crippen molar-refractivity contribution in [2.24, 2.45) is 0 Å². The molecule has 4 rings (SSSR count). The predicted molar refractivity (Wildman–Crippen MR) is 120 cm³/mol. The van der Waals surface area contributed by atoms with Gasteiger partial charge in [0.15, 0.2) is 0 Å². The van der Waals surface area contributed by atoms with E-state index in [1.165, 1.54) is 41.6 Å². The van der Waals surface area contributed by atoms with Crippen molar-refractivity contribution in [3.63, 3.8) is 0 Å². The number of hydrogen-bond acceptors (Lipinski definition) is 6. The SMILES string of the molecule is CCOc1ccc(NC(=O)CSc2ncnc3scc(-c4ccc(F)cc4)c23)cc1. The third kappa shape index (κ3) is 4.60. The van der Waals surface area contributed by atoms with Crippen molar-refractivity contribution in [3.05, 3.63) is 66.1 Å². The fraction of sp³-hybridized carbons (Fsp3) is 0.136. The lowest BCUT2D eigenvalue weighted by molar-refractivity contribution is -0.113. The smallest absolute Gasteiger partial charge is 0.234 e. The molecule has 2 heterocycles. The summed E-state index contributed by atoms with van der Waals surface area (Å²) in [5.41, 5.74) is 2.53. The molecule has 0 atom stereocenters. The molecule has 5 nitrogen and oxygen atoms in total. The molecule has 4 aromatic rings. The lowest BCUT2D eigenvalue weighted by Crippen LogP contribution is -2.14. The third-order valence-corrected chi connectivity index (χ3v) is 6.16. The number of rotatable bonds is 7. The average Bonchev–Trinajstić information content (AvgIpc) is 3.19. The number of carbonyl (C=O) groups excluding carboxylic acids is 1. The van der Waals surface area contributed by atoms with Gasteiger partial charge < -0.3 is 10.1 Å². The lowest BCUT2D eigenvalue weighted by atomic mass is 10.1. The van der Waals surface area contributed by atoms with E-state index < -0.39 is 0 Å². The van der Waals surface area contributed by atoms with Gasteiger partial charge in [-0.15, -0.1) is 11.3 Å². The zero-order valence-electron chi connectivity index (χ0n) is 16.1. The van der Waals surface area contributed by atoms with Crippen molar-refractivity contribution in [3.8, 4) is 16.9 Å². The highest BCUT2D eigenvalue weighted by atomic mass is 32.2. The molecule has 0 aliphatic heterocycles. The van der Waals surface area contributed by atoms with Crippen molar-refractivity contribution < 1.29 is 13.9 Å². The van der Waals surface area contributed by atoms with Gasteiger partial charge in [-0.3, -0.25) is 4.79 Å². The Morgan fingerprint density at radius 3 is 2.63 bits per heavy atom. The Hall–Kier alpha value is -2.97. The third-order valence-electron chi connectivity index (χ3n) is 4.28. The van der Waals surface area contributed by atoms with E-state index in [4.69, 9.17) is 4.74 Å². The van der Waals surface area contributed by atoms with Gasteiger partial charge in [0, 0.05) is 16.6 Å². The summed E-state index contributed by atoms with van der Waals surface area (Å²) in [6, 6.07) is 13.6. The quantitative estimate of drug-likeness (QED) is 0.299. The van der Waals surface area contributed by atoms with Crippen LogP contribution in [0.2, 0.25) is 0 Å². The molecule has 1 amide bonds. The van der Waals surface area contributed by atoms with Crippen LogP contribution in [0, 0.1) is 5.82 Å². The number of nitrogens with one attached hydrogen (secondary N) is 1. The van der Waals surface area contributed by atoms with E-state index in [0.29, 0.717) is 12.3 Å². The molecule has 8 heteroatoms. The molecule has 0 saturated carbocycles. The maximum atomic E-state index is 13.3. The van der Waals surface area contributed by atoms with Crippen LogP contribution in [-0.2, 0) is 4.79 Å². The standard InChI is InChI=1S/C22H18FN3O2S2/c1-2-28-17-9-7-16(8-10-17)26-19(27)12-30-22-20-18(11-29-21(20)24-13-25-22)14-3-5-15(23)6-4-14/h3-11,13H,2,12H2,1H3,(H,26,27). The van der Waals surface area contributed by atoms with Crippen molar-refractivity contribution in [2.45, 2.75) is 11.9 Å². The highest BCUT2D eigenvalue weighted by Gasteiger charge is 2.15. The Balaban J connectivity index is 1.49. The molecule has 0 aliphatic carbocycles. The number of thiophene rings is 1. The van der Waals surface area contributed by atoms with Gasteiger partial charge in [-0.1, -0.05) is 23.9 Å². The number of benzene rings is 2. The molecular formula is C22H18FN3O2S2. The van der Waals surface area contributed by atoms with Gasteiger partial charge in [-0.25, -0.2) is 14.4 Å². The minimum atomic E-state index is -0.282. The van der Waals surface area contributed by atoms with Gasteiger partial charge in [-0.2, -0.15) is 0 Å². The van der Waals surface area contributed by atoms with Gasteiger partial charge in [0.25, 0.3) is 0 Å². The van der Waals surface area contributed by atoms with E-state index in [0.717, 1.165) is 32.1 Å². The Kier molecular flexibility index (Phi) is 6.25. The van der Waals surface area contributed by atoms with Gasteiger partial charge in [0.2, 0.25) is 5.91 Å². The first-order chi connectivity index (χ1) is 14.6. The first-order valence-electron chi connectivity index (χ1n) is 9.27. The van der Waals surface area contributed by atoms with Crippen molar-refractivity contribution in [1.29, 1.82) is 0 Å². The van der Waals surface area contributed by atoms with Gasteiger partial charge in [0.1, 0.15) is 27.8 Å². The molecule has 0 fully saturated rings. The first-order valence-corrected chi connectivity index (χ1v) is 11.1. The Bertz CT molecular complexity index is 1160.